The van der Waals surface area contributed by atoms with Crippen molar-refractivity contribution in [3.05, 3.63) is 89.5 Å². The number of halogens is 2. The summed E-state index contributed by atoms with van der Waals surface area (Å²) in [4.78, 5) is 0.178. The van der Waals surface area contributed by atoms with Gasteiger partial charge in [-0.3, -0.25) is 0 Å². The van der Waals surface area contributed by atoms with Gasteiger partial charge in [0.25, 0.3) is 0 Å². The smallest absolute Gasteiger partial charge is 0.182 e. The lowest BCUT2D eigenvalue weighted by Crippen LogP contribution is -2.05. The average molecular weight is 400 g/mol. The number of hydrogen-bond acceptors (Lipinski definition) is 2. The highest BCUT2D eigenvalue weighted by Gasteiger charge is 2.16. The highest BCUT2D eigenvalue weighted by Crippen LogP contribution is 2.26. The Balaban J connectivity index is 1.81. The Labute approximate surface area is 164 Å². The lowest BCUT2D eigenvalue weighted by Gasteiger charge is -2.09. The van der Waals surface area contributed by atoms with Gasteiger partial charge in [0.05, 0.1) is 10.6 Å². The maximum Gasteiger partial charge on any atom is 0.182 e. The van der Waals surface area contributed by atoms with E-state index >= 15 is 0 Å². The molecule has 0 radical (unpaired) electrons. The second-order valence-electron chi connectivity index (χ2n) is 6.83. The monoisotopic (exact) mass is 400 g/mol. The summed E-state index contributed by atoms with van der Waals surface area (Å²) >= 11 is 0. The van der Waals surface area contributed by atoms with Gasteiger partial charge in [-0.15, -0.1) is 0 Å². The maximum atomic E-state index is 13.9. The molecule has 0 unspecified atom stereocenters. The van der Waals surface area contributed by atoms with Crippen molar-refractivity contribution in [1.82, 2.24) is 0 Å². The van der Waals surface area contributed by atoms with Crippen LogP contribution in [0.3, 0.4) is 0 Å². The molecule has 146 valence electrons. The van der Waals surface area contributed by atoms with Gasteiger partial charge in [0.2, 0.25) is 0 Å². The lowest BCUT2D eigenvalue weighted by molar-refractivity contribution is 0.585. The van der Waals surface area contributed by atoms with Crippen LogP contribution in [0.5, 0.6) is 0 Å². The molecule has 2 nitrogen and oxygen atoms in total. The van der Waals surface area contributed by atoms with E-state index in [0.29, 0.717) is 5.56 Å². The third-order valence-electron chi connectivity index (χ3n) is 4.62. The van der Waals surface area contributed by atoms with Crippen molar-refractivity contribution in [2.75, 3.05) is 0 Å². The fourth-order valence-corrected chi connectivity index (χ4v) is 4.46. The normalized spacial score (nSPS) is 11.5. The van der Waals surface area contributed by atoms with Crippen molar-refractivity contribution >= 4 is 9.84 Å². The lowest BCUT2D eigenvalue weighted by atomic mass is 10.1. The Hall–Kier alpha value is -2.53. The Morgan fingerprint density at radius 3 is 2.25 bits per heavy atom. The molecule has 3 aromatic rings. The molecule has 0 fully saturated rings. The number of rotatable bonds is 7. The average Bonchev–Trinajstić information content (AvgIpc) is 2.66. The summed E-state index contributed by atoms with van der Waals surface area (Å²) in [6, 6.07) is 17.0. The summed E-state index contributed by atoms with van der Waals surface area (Å²) in [5.41, 5.74) is 2.62. The molecule has 0 spiro atoms. The number of aryl methyl sites for hydroxylation is 1. The van der Waals surface area contributed by atoms with Crippen LogP contribution in [0.25, 0.3) is 11.1 Å². The van der Waals surface area contributed by atoms with Crippen molar-refractivity contribution < 1.29 is 17.2 Å². The molecule has 0 heterocycles. The molecule has 0 aliphatic carbocycles. The molecule has 0 N–H and O–H groups in total. The van der Waals surface area contributed by atoms with Crippen LogP contribution < -0.4 is 0 Å². The topological polar surface area (TPSA) is 34.1 Å². The molecule has 0 saturated heterocycles. The van der Waals surface area contributed by atoms with Gasteiger partial charge in [0.15, 0.2) is 9.84 Å². The van der Waals surface area contributed by atoms with Crippen LogP contribution in [-0.4, -0.2) is 8.42 Å². The van der Waals surface area contributed by atoms with E-state index < -0.39 is 21.5 Å². The number of hydrogen-bond donors (Lipinski definition) is 0. The van der Waals surface area contributed by atoms with Gasteiger partial charge in [0.1, 0.15) is 11.6 Å². The van der Waals surface area contributed by atoms with E-state index in [-0.39, 0.29) is 16.2 Å². The molecular formula is C23H22F2O2S. The predicted octanol–water partition coefficient (Wildman–Crippen LogP) is 5.95. The molecule has 0 saturated carbocycles. The Bertz CT molecular complexity index is 1060. The van der Waals surface area contributed by atoms with Crippen molar-refractivity contribution in [1.29, 1.82) is 0 Å². The summed E-state index contributed by atoms with van der Waals surface area (Å²) in [5.74, 6) is -1.42. The Kier molecular flexibility index (Phi) is 6.25. The van der Waals surface area contributed by atoms with Gasteiger partial charge in [-0.05, 0) is 53.8 Å². The first-order valence-corrected chi connectivity index (χ1v) is 10.9. The van der Waals surface area contributed by atoms with Gasteiger partial charge in [-0.25, -0.2) is 17.2 Å². The van der Waals surface area contributed by atoms with Crippen LogP contribution in [0, 0.1) is 11.6 Å². The quantitative estimate of drug-likeness (QED) is 0.491. The first kappa shape index (κ1) is 20.2. The molecule has 0 aliphatic heterocycles. The zero-order chi connectivity index (χ0) is 20.1. The SMILES string of the molecule is CCCCc1cccc(CS(=O)(=O)c2ccc(-c3ccc(F)cc3F)cc2)c1. The predicted molar refractivity (Wildman–Crippen MR) is 108 cm³/mol. The fourth-order valence-electron chi connectivity index (χ4n) is 3.12. The van der Waals surface area contributed by atoms with E-state index in [1.807, 2.05) is 24.3 Å². The molecule has 0 aromatic heterocycles. The van der Waals surface area contributed by atoms with Crippen LogP contribution in [0.1, 0.15) is 30.9 Å². The Morgan fingerprint density at radius 2 is 1.57 bits per heavy atom. The molecule has 0 amide bonds. The molecule has 0 bridgehead atoms. The molecule has 3 aromatic carbocycles. The molecule has 0 atom stereocenters. The van der Waals surface area contributed by atoms with Crippen LogP contribution in [0.15, 0.2) is 71.6 Å². The van der Waals surface area contributed by atoms with Gasteiger partial charge in [-0.1, -0.05) is 49.7 Å². The molecule has 5 heteroatoms. The van der Waals surface area contributed by atoms with E-state index in [2.05, 4.69) is 6.92 Å². The number of sulfone groups is 1. The minimum atomic E-state index is -3.52. The van der Waals surface area contributed by atoms with E-state index in [1.54, 1.807) is 12.1 Å². The minimum absolute atomic E-state index is 0.0861. The minimum Gasteiger partial charge on any atom is -0.223 e. The molecular weight excluding hydrogens is 378 g/mol. The van der Waals surface area contributed by atoms with Gasteiger partial charge >= 0.3 is 0 Å². The van der Waals surface area contributed by atoms with E-state index in [1.165, 1.54) is 24.3 Å². The zero-order valence-corrected chi connectivity index (χ0v) is 16.5. The van der Waals surface area contributed by atoms with E-state index in [4.69, 9.17) is 0 Å². The highest BCUT2D eigenvalue weighted by molar-refractivity contribution is 7.90. The summed E-state index contributed by atoms with van der Waals surface area (Å²) < 4.78 is 52.5. The third-order valence-corrected chi connectivity index (χ3v) is 6.33. The summed E-state index contributed by atoms with van der Waals surface area (Å²) in [5, 5.41) is 0. The van der Waals surface area contributed by atoms with E-state index in [0.717, 1.165) is 36.5 Å². The van der Waals surface area contributed by atoms with Crippen LogP contribution in [-0.2, 0) is 22.0 Å². The summed E-state index contributed by atoms with van der Waals surface area (Å²) in [7, 11) is -3.52. The van der Waals surface area contributed by atoms with Crippen LogP contribution >= 0.6 is 0 Å². The van der Waals surface area contributed by atoms with E-state index in [9.17, 15) is 17.2 Å². The second kappa shape index (κ2) is 8.65. The maximum absolute atomic E-state index is 13.9. The van der Waals surface area contributed by atoms with Crippen LogP contribution in [0.4, 0.5) is 8.78 Å². The first-order valence-electron chi connectivity index (χ1n) is 9.25. The van der Waals surface area contributed by atoms with Crippen LogP contribution in [0.2, 0.25) is 0 Å². The zero-order valence-electron chi connectivity index (χ0n) is 15.7. The molecule has 3 rings (SSSR count). The second-order valence-corrected chi connectivity index (χ2v) is 8.82. The molecule has 0 aliphatic rings. The summed E-state index contributed by atoms with van der Waals surface area (Å²) in [6.45, 7) is 2.12. The van der Waals surface area contributed by atoms with Crippen molar-refractivity contribution in [3.63, 3.8) is 0 Å². The van der Waals surface area contributed by atoms with Gasteiger partial charge in [-0.2, -0.15) is 0 Å². The fraction of sp³-hybridized carbons (Fsp3) is 0.217. The standard InChI is InChI=1S/C23H22F2O2S/c1-2-3-5-17-6-4-7-18(14-17)16-28(26,27)21-11-8-19(9-12-21)22-13-10-20(24)15-23(22)25/h4,6-15H,2-3,5,16H2,1H3. The number of unbranched alkanes of at least 4 members (excludes halogenated alkanes) is 1. The number of benzene rings is 3. The van der Waals surface area contributed by atoms with Gasteiger partial charge in [0, 0.05) is 11.6 Å². The van der Waals surface area contributed by atoms with Crippen molar-refractivity contribution in [2.45, 2.75) is 36.8 Å². The van der Waals surface area contributed by atoms with Crippen molar-refractivity contribution in [2.24, 2.45) is 0 Å². The van der Waals surface area contributed by atoms with Crippen molar-refractivity contribution in [3.8, 4) is 11.1 Å². The molecule has 28 heavy (non-hydrogen) atoms. The summed E-state index contributed by atoms with van der Waals surface area (Å²) in [6.07, 6.45) is 3.09. The highest BCUT2D eigenvalue weighted by atomic mass is 32.2. The van der Waals surface area contributed by atoms with Gasteiger partial charge < -0.3 is 0 Å². The largest absolute Gasteiger partial charge is 0.223 e. The first-order chi connectivity index (χ1) is 13.4. The third kappa shape index (κ3) is 4.84. The Morgan fingerprint density at radius 1 is 0.857 bits per heavy atom.